The summed E-state index contributed by atoms with van der Waals surface area (Å²) >= 11 is 0. The van der Waals surface area contributed by atoms with Gasteiger partial charge in [0.25, 0.3) is 0 Å². The molecule has 0 spiro atoms. The van der Waals surface area contributed by atoms with Gasteiger partial charge in [0.05, 0.1) is 12.7 Å². The molecule has 0 N–H and O–H groups in total. The molecule has 1 rings (SSSR count). The van der Waals surface area contributed by atoms with E-state index in [0.717, 1.165) is 32.8 Å². The fraction of sp³-hybridized carbons (Fsp3) is 0.941. The Bertz CT molecular complexity index is 217. The van der Waals surface area contributed by atoms with Crippen LogP contribution in [0.3, 0.4) is 0 Å². The summed E-state index contributed by atoms with van der Waals surface area (Å²) in [6.45, 7) is 3.93. The van der Waals surface area contributed by atoms with Crippen molar-refractivity contribution in [1.82, 2.24) is 0 Å². The Morgan fingerprint density at radius 3 is 1.82 bits per heavy atom. The molecule has 1 fully saturated rings. The topological polar surface area (TPSA) is 58.6 Å². The van der Waals surface area contributed by atoms with Gasteiger partial charge >= 0.3 is 29.6 Å². The first-order chi connectivity index (χ1) is 10.2. The van der Waals surface area contributed by atoms with Crippen LogP contribution in [-0.2, 0) is 14.6 Å². The monoisotopic (exact) mass is 324 g/mol. The van der Waals surface area contributed by atoms with Gasteiger partial charge in [-0.2, -0.15) is 0 Å². The Balaban J connectivity index is 0. The van der Waals surface area contributed by atoms with E-state index in [9.17, 15) is 0 Å². The number of hydrogen-bond acceptors (Lipinski definition) is 4. The Labute approximate surface area is 158 Å². The third-order valence-electron chi connectivity index (χ3n) is 3.66. The Hall–Kier alpha value is 0.390. The van der Waals surface area contributed by atoms with E-state index in [4.69, 9.17) is 19.7 Å². The SMILES string of the molecule is CC(=O)[O-].CCC1CCCCCCCCCCCCOO1.[Na+]. The van der Waals surface area contributed by atoms with Crippen LogP contribution in [0.1, 0.15) is 90.9 Å². The summed E-state index contributed by atoms with van der Waals surface area (Å²) in [7, 11) is 0. The maximum absolute atomic E-state index is 8.89. The van der Waals surface area contributed by atoms with E-state index in [1.165, 1.54) is 57.8 Å². The summed E-state index contributed by atoms with van der Waals surface area (Å²) in [6.07, 6.45) is 16.1. The molecule has 1 saturated heterocycles. The zero-order valence-electron chi connectivity index (χ0n) is 14.9. The number of carbonyl (C=O) groups excluding carboxylic acids is 1. The van der Waals surface area contributed by atoms with Crippen LogP contribution in [-0.4, -0.2) is 18.7 Å². The third kappa shape index (κ3) is 20.4. The predicted octanol–water partition coefficient (Wildman–Crippen LogP) is 0.778. The fourth-order valence-corrected chi connectivity index (χ4v) is 2.41. The molecule has 1 atom stereocenters. The van der Waals surface area contributed by atoms with Crippen molar-refractivity contribution in [3.05, 3.63) is 0 Å². The molecular formula is C17H33NaO4. The van der Waals surface area contributed by atoms with Crippen LogP contribution in [0, 0.1) is 0 Å². The molecule has 126 valence electrons. The second-order valence-electron chi connectivity index (χ2n) is 5.76. The fourth-order valence-electron chi connectivity index (χ4n) is 2.41. The first-order valence-corrected chi connectivity index (χ1v) is 8.62. The quantitative estimate of drug-likeness (QED) is 0.528. The first kappa shape index (κ1) is 24.6. The summed E-state index contributed by atoms with van der Waals surface area (Å²) in [5.41, 5.74) is 0. The average molecular weight is 324 g/mol. The van der Waals surface area contributed by atoms with Gasteiger partial charge in [-0.25, -0.2) is 9.78 Å². The number of aliphatic carboxylic acids is 1. The normalized spacial score (nSPS) is 22.0. The third-order valence-corrected chi connectivity index (χ3v) is 3.66. The minimum absolute atomic E-state index is 0. The van der Waals surface area contributed by atoms with Gasteiger partial charge in [-0.05, 0) is 26.2 Å². The van der Waals surface area contributed by atoms with Crippen LogP contribution in [0.25, 0.3) is 0 Å². The number of carbonyl (C=O) groups is 1. The first-order valence-electron chi connectivity index (χ1n) is 8.62. The second kappa shape index (κ2) is 19.4. The molecule has 1 heterocycles. The van der Waals surface area contributed by atoms with E-state index in [1.54, 1.807) is 0 Å². The molecule has 0 aromatic rings. The summed E-state index contributed by atoms with van der Waals surface area (Å²) in [6, 6.07) is 0. The molecule has 0 radical (unpaired) electrons. The van der Waals surface area contributed by atoms with Crippen molar-refractivity contribution in [3.8, 4) is 0 Å². The van der Waals surface area contributed by atoms with Crippen molar-refractivity contribution in [2.24, 2.45) is 0 Å². The maximum atomic E-state index is 8.89. The molecule has 0 aromatic heterocycles. The molecule has 4 nitrogen and oxygen atoms in total. The van der Waals surface area contributed by atoms with Crippen molar-refractivity contribution in [2.45, 2.75) is 97.0 Å². The van der Waals surface area contributed by atoms with E-state index in [2.05, 4.69) is 6.92 Å². The van der Waals surface area contributed by atoms with Crippen molar-refractivity contribution < 1.29 is 49.2 Å². The molecule has 0 bridgehead atoms. The van der Waals surface area contributed by atoms with Crippen molar-refractivity contribution >= 4 is 5.97 Å². The minimum Gasteiger partial charge on any atom is -0.550 e. The van der Waals surface area contributed by atoms with Gasteiger partial charge in [-0.3, -0.25) is 0 Å². The van der Waals surface area contributed by atoms with E-state index in [1.807, 2.05) is 0 Å². The standard InChI is InChI=1S/C15H30O2.C2H4O2.Na/c1-2-15-13-11-9-7-5-3-4-6-8-10-12-14-16-17-15;1-2(3)4;/h15H,2-14H2,1H3;1H3,(H,3,4);/q;;+1/p-1. The molecule has 0 saturated carbocycles. The zero-order valence-corrected chi connectivity index (χ0v) is 16.9. The van der Waals surface area contributed by atoms with Crippen molar-refractivity contribution in [2.75, 3.05) is 6.61 Å². The molecule has 1 aliphatic rings. The molecule has 0 aliphatic carbocycles. The molecule has 22 heavy (non-hydrogen) atoms. The van der Waals surface area contributed by atoms with Crippen LogP contribution < -0.4 is 34.7 Å². The van der Waals surface area contributed by atoms with Crippen LogP contribution in [0.4, 0.5) is 0 Å². The molecular weight excluding hydrogens is 291 g/mol. The van der Waals surface area contributed by atoms with Gasteiger partial charge in [-0.1, -0.05) is 64.7 Å². The van der Waals surface area contributed by atoms with Gasteiger partial charge in [-0.15, -0.1) is 0 Å². The van der Waals surface area contributed by atoms with Gasteiger partial charge in [0.15, 0.2) is 0 Å². The van der Waals surface area contributed by atoms with Crippen LogP contribution in [0.15, 0.2) is 0 Å². The molecule has 0 aromatic carbocycles. The summed E-state index contributed by atoms with van der Waals surface area (Å²) in [5, 5.41) is 8.89. The van der Waals surface area contributed by atoms with Crippen LogP contribution in [0.2, 0.25) is 0 Å². The van der Waals surface area contributed by atoms with Crippen LogP contribution >= 0.6 is 0 Å². The van der Waals surface area contributed by atoms with Crippen LogP contribution in [0.5, 0.6) is 0 Å². The maximum Gasteiger partial charge on any atom is 1.00 e. The van der Waals surface area contributed by atoms with E-state index < -0.39 is 5.97 Å². The molecule has 5 heteroatoms. The van der Waals surface area contributed by atoms with Crippen molar-refractivity contribution in [1.29, 1.82) is 0 Å². The predicted molar refractivity (Wildman–Crippen MR) is 82.6 cm³/mol. The Morgan fingerprint density at radius 1 is 0.955 bits per heavy atom. The van der Waals surface area contributed by atoms with E-state index >= 15 is 0 Å². The smallest absolute Gasteiger partial charge is 0.550 e. The van der Waals surface area contributed by atoms with Gasteiger partial charge in [0.2, 0.25) is 0 Å². The largest absolute Gasteiger partial charge is 1.00 e. The number of rotatable bonds is 1. The summed E-state index contributed by atoms with van der Waals surface area (Å²) < 4.78 is 0. The van der Waals surface area contributed by atoms with E-state index in [0.29, 0.717) is 6.10 Å². The van der Waals surface area contributed by atoms with Gasteiger partial charge in [0, 0.05) is 5.97 Å². The minimum atomic E-state index is -1.08. The van der Waals surface area contributed by atoms with Gasteiger partial charge < -0.3 is 9.90 Å². The summed E-state index contributed by atoms with van der Waals surface area (Å²) in [4.78, 5) is 19.7. The van der Waals surface area contributed by atoms with Crippen molar-refractivity contribution in [3.63, 3.8) is 0 Å². The number of carboxylic acids is 1. The molecule has 0 amide bonds. The summed E-state index contributed by atoms with van der Waals surface area (Å²) in [5.74, 6) is -1.08. The van der Waals surface area contributed by atoms with E-state index in [-0.39, 0.29) is 29.6 Å². The average Bonchev–Trinajstić information content (AvgIpc) is 2.45. The second-order valence-corrected chi connectivity index (χ2v) is 5.76. The molecule has 1 aliphatic heterocycles. The zero-order chi connectivity index (χ0) is 15.8. The number of hydrogen-bond donors (Lipinski definition) is 0. The molecule has 1 unspecified atom stereocenters. The Kier molecular flexibility index (Phi) is 21.8. The Morgan fingerprint density at radius 2 is 1.36 bits per heavy atom. The van der Waals surface area contributed by atoms with Gasteiger partial charge in [0.1, 0.15) is 0 Å². The number of carboxylic acid groups (broad SMARTS) is 1.